The first-order valence-electron chi connectivity index (χ1n) is 9.03. The first-order chi connectivity index (χ1) is 13.6. The number of ketones is 1. The largest absolute Gasteiger partial charge is 0.365 e. The van der Waals surface area contributed by atoms with E-state index in [4.69, 9.17) is 4.74 Å². The topological polar surface area (TPSA) is 117 Å². The van der Waals surface area contributed by atoms with Crippen molar-refractivity contribution in [3.63, 3.8) is 0 Å². The summed E-state index contributed by atoms with van der Waals surface area (Å²) in [6, 6.07) is 6.98. The third-order valence-corrected chi connectivity index (χ3v) is 4.17. The van der Waals surface area contributed by atoms with Crippen molar-refractivity contribution in [2.24, 2.45) is 0 Å². The number of carbonyl (C=O) groups is 4. The Morgan fingerprint density at radius 2 is 1.79 bits per heavy atom. The number of Topliss-reactive ketones (excluding diaryl/α,β-unsaturated/α-hetero) is 1. The summed E-state index contributed by atoms with van der Waals surface area (Å²) in [4.78, 5) is 47.6. The van der Waals surface area contributed by atoms with Gasteiger partial charge in [-0.1, -0.05) is 30.3 Å². The molecular weight excluding hydrogens is 388 g/mol. The van der Waals surface area contributed by atoms with E-state index in [2.05, 4.69) is 10.6 Å². The predicted octanol–water partition coefficient (Wildman–Crippen LogP) is -0.0421. The van der Waals surface area contributed by atoms with Gasteiger partial charge in [0.25, 0.3) is 5.91 Å². The van der Waals surface area contributed by atoms with Crippen LogP contribution in [0.15, 0.2) is 30.3 Å². The normalized spacial score (nSPS) is 17.6. The second kappa shape index (κ2) is 9.55. The van der Waals surface area contributed by atoms with Gasteiger partial charge >= 0.3 is 5.92 Å². The lowest BCUT2D eigenvalue weighted by Gasteiger charge is -2.19. The Balaban J connectivity index is 1.86. The highest BCUT2D eigenvalue weighted by Gasteiger charge is 2.37. The molecule has 0 aromatic heterocycles. The highest BCUT2D eigenvalue weighted by Crippen LogP contribution is 2.15. The summed E-state index contributed by atoms with van der Waals surface area (Å²) in [6.07, 6.45) is -0.290. The maximum Gasteiger partial charge on any atom is 0.321 e. The summed E-state index contributed by atoms with van der Waals surface area (Å²) in [5.74, 6) is -6.93. The molecule has 1 aliphatic heterocycles. The first kappa shape index (κ1) is 22.4. The number of carbonyl (C=O) groups excluding carboxylic acids is 4. The van der Waals surface area contributed by atoms with E-state index in [1.807, 2.05) is 35.6 Å². The van der Waals surface area contributed by atoms with Crippen molar-refractivity contribution in [1.29, 1.82) is 0 Å². The van der Waals surface area contributed by atoms with Gasteiger partial charge < -0.3 is 20.7 Å². The molecule has 0 saturated carbocycles. The molecule has 1 heterocycles. The molecule has 3 unspecified atom stereocenters. The van der Waals surface area contributed by atoms with Crippen molar-refractivity contribution in [1.82, 2.24) is 16.0 Å². The molecule has 3 N–H and O–H groups in total. The summed E-state index contributed by atoms with van der Waals surface area (Å²) in [5.41, 5.74) is 0.840. The lowest BCUT2D eigenvalue weighted by molar-refractivity contribution is -0.145. The smallest absolute Gasteiger partial charge is 0.321 e. The van der Waals surface area contributed by atoms with Gasteiger partial charge in [-0.15, -0.1) is 0 Å². The SMILES string of the molecule is CC(NC(=O)C(C)(F)F)C(=O)NCC(=O)NC(Cc1ccccc1)C(=O)C1CO1. The Hall–Kier alpha value is -2.88. The predicted molar refractivity (Wildman–Crippen MR) is 98.1 cm³/mol. The van der Waals surface area contributed by atoms with Crippen LogP contribution in [0.3, 0.4) is 0 Å². The van der Waals surface area contributed by atoms with Crippen LogP contribution in [-0.4, -0.2) is 60.8 Å². The van der Waals surface area contributed by atoms with Gasteiger partial charge in [-0.3, -0.25) is 19.2 Å². The van der Waals surface area contributed by atoms with Crippen LogP contribution in [0, 0.1) is 0 Å². The van der Waals surface area contributed by atoms with E-state index >= 15 is 0 Å². The van der Waals surface area contributed by atoms with E-state index in [1.165, 1.54) is 6.92 Å². The zero-order valence-electron chi connectivity index (χ0n) is 16.0. The van der Waals surface area contributed by atoms with Gasteiger partial charge in [-0.25, -0.2) is 0 Å². The van der Waals surface area contributed by atoms with Gasteiger partial charge in [0.2, 0.25) is 11.8 Å². The summed E-state index contributed by atoms with van der Waals surface area (Å²) in [6.45, 7) is 1.44. The lowest BCUT2D eigenvalue weighted by Crippen LogP contribution is -2.52. The maximum atomic E-state index is 12.9. The van der Waals surface area contributed by atoms with E-state index in [0.29, 0.717) is 13.5 Å². The minimum absolute atomic E-state index is 0.261. The van der Waals surface area contributed by atoms with E-state index in [1.54, 1.807) is 0 Å². The highest BCUT2D eigenvalue weighted by molar-refractivity contribution is 5.95. The van der Waals surface area contributed by atoms with Gasteiger partial charge in [-0.05, 0) is 18.9 Å². The fourth-order valence-corrected chi connectivity index (χ4v) is 2.46. The van der Waals surface area contributed by atoms with Crippen LogP contribution in [0.4, 0.5) is 8.78 Å². The lowest BCUT2D eigenvalue weighted by atomic mass is 10.0. The number of hydrogen-bond donors (Lipinski definition) is 3. The molecule has 3 amide bonds. The molecule has 0 radical (unpaired) electrons. The molecule has 1 aliphatic rings. The number of nitrogens with one attached hydrogen (secondary N) is 3. The molecule has 158 valence electrons. The quantitative estimate of drug-likeness (QED) is 0.467. The second-order valence-electron chi connectivity index (χ2n) is 6.84. The number of hydrogen-bond acceptors (Lipinski definition) is 5. The fourth-order valence-electron chi connectivity index (χ4n) is 2.46. The number of ether oxygens (including phenoxy) is 1. The Kier molecular flexibility index (Phi) is 7.38. The number of benzene rings is 1. The Morgan fingerprint density at radius 3 is 2.34 bits per heavy atom. The molecular formula is C19H23F2N3O5. The molecule has 1 aromatic carbocycles. The summed E-state index contributed by atoms with van der Waals surface area (Å²) >= 11 is 0. The van der Waals surface area contributed by atoms with Crippen molar-refractivity contribution in [2.45, 2.75) is 44.4 Å². The fraction of sp³-hybridized carbons (Fsp3) is 0.474. The highest BCUT2D eigenvalue weighted by atomic mass is 19.3. The van der Waals surface area contributed by atoms with Crippen LogP contribution >= 0.6 is 0 Å². The number of halogens is 2. The summed E-state index contributed by atoms with van der Waals surface area (Å²) in [5, 5.41) is 6.65. The van der Waals surface area contributed by atoms with E-state index in [9.17, 15) is 28.0 Å². The van der Waals surface area contributed by atoms with E-state index < -0.39 is 48.4 Å². The van der Waals surface area contributed by atoms with Gasteiger partial charge in [0, 0.05) is 6.92 Å². The standard InChI is InChI=1S/C19H23F2N3O5/c1-11(23-18(28)19(2,20)21)17(27)22-9-15(25)24-13(16(26)14-10-29-14)8-12-6-4-3-5-7-12/h3-7,11,13-14H,8-10H2,1-2H3,(H,22,27)(H,23,28)(H,24,25). The number of alkyl halides is 2. The minimum Gasteiger partial charge on any atom is -0.365 e. The van der Waals surface area contributed by atoms with E-state index in [-0.39, 0.29) is 12.2 Å². The molecule has 8 nitrogen and oxygen atoms in total. The average Bonchev–Trinajstić information content (AvgIpc) is 3.50. The van der Waals surface area contributed by atoms with Crippen LogP contribution in [0.2, 0.25) is 0 Å². The van der Waals surface area contributed by atoms with Crippen LogP contribution in [0.5, 0.6) is 0 Å². The summed E-state index contributed by atoms with van der Waals surface area (Å²) in [7, 11) is 0. The monoisotopic (exact) mass is 411 g/mol. The number of rotatable bonds is 10. The van der Waals surface area contributed by atoms with Crippen molar-refractivity contribution < 1.29 is 32.7 Å². The molecule has 1 fully saturated rings. The second-order valence-corrected chi connectivity index (χ2v) is 6.84. The van der Waals surface area contributed by atoms with Gasteiger partial charge in [-0.2, -0.15) is 8.78 Å². The molecule has 1 aromatic rings. The van der Waals surface area contributed by atoms with Gasteiger partial charge in [0.1, 0.15) is 12.1 Å². The molecule has 2 rings (SSSR count). The van der Waals surface area contributed by atoms with Crippen LogP contribution < -0.4 is 16.0 Å². The maximum absolute atomic E-state index is 12.9. The Bertz CT molecular complexity index is 763. The van der Waals surface area contributed by atoms with Crippen molar-refractivity contribution in [2.75, 3.05) is 13.2 Å². The zero-order chi connectivity index (χ0) is 21.6. The zero-order valence-corrected chi connectivity index (χ0v) is 16.0. The van der Waals surface area contributed by atoms with Crippen LogP contribution in [-0.2, 0) is 30.3 Å². The third-order valence-electron chi connectivity index (χ3n) is 4.17. The average molecular weight is 411 g/mol. The van der Waals surface area contributed by atoms with E-state index in [0.717, 1.165) is 5.56 Å². The molecule has 0 aliphatic carbocycles. The summed E-state index contributed by atoms with van der Waals surface area (Å²) < 4.78 is 30.7. The third kappa shape index (κ3) is 7.22. The molecule has 3 atom stereocenters. The number of epoxide rings is 1. The van der Waals surface area contributed by atoms with Gasteiger partial charge in [0.15, 0.2) is 5.78 Å². The molecule has 29 heavy (non-hydrogen) atoms. The first-order valence-corrected chi connectivity index (χ1v) is 9.03. The van der Waals surface area contributed by atoms with Crippen molar-refractivity contribution in [3.8, 4) is 0 Å². The van der Waals surface area contributed by atoms with Crippen LogP contribution in [0.25, 0.3) is 0 Å². The molecule has 0 bridgehead atoms. The Morgan fingerprint density at radius 1 is 1.17 bits per heavy atom. The molecule has 0 spiro atoms. The number of amides is 3. The minimum atomic E-state index is -3.62. The van der Waals surface area contributed by atoms with Gasteiger partial charge in [0.05, 0.1) is 19.2 Å². The van der Waals surface area contributed by atoms with Crippen molar-refractivity contribution in [3.05, 3.63) is 35.9 Å². The Labute approximate surface area is 166 Å². The van der Waals surface area contributed by atoms with Crippen molar-refractivity contribution >= 4 is 23.5 Å². The molecule has 10 heteroatoms. The molecule has 1 saturated heterocycles. The van der Waals surface area contributed by atoms with Crippen LogP contribution in [0.1, 0.15) is 19.4 Å².